The molecule has 0 unspecified atom stereocenters. The van der Waals surface area contributed by atoms with Gasteiger partial charge in [-0.25, -0.2) is 4.98 Å². The highest BCUT2D eigenvalue weighted by Crippen LogP contribution is 3.01. The van der Waals surface area contributed by atoms with E-state index in [2.05, 4.69) is 15.2 Å². The van der Waals surface area contributed by atoms with Crippen molar-refractivity contribution in [3.05, 3.63) is 42.2 Å². The molecule has 5 rings (SSSR count). The Balaban J connectivity index is 1.50. The van der Waals surface area contributed by atoms with Gasteiger partial charge in [0.2, 0.25) is 0 Å². The molecule has 0 radical (unpaired) electrons. The summed E-state index contributed by atoms with van der Waals surface area (Å²) in [6.07, 6.45) is 10.5. The van der Waals surface area contributed by atoms with Crippen molar-refractivity contribution in [1.82, 2.24) is 14.8 Å². The molecular weight excluding hydrogens is 501 g/mol. The Hall–Kier alpha value is -2.89. The minimum absolute atomic E-state index is 0.184. The van der Waals surface area contributed by atoms with Crippen molar-refractivity contribution >= 4 is 38.4 Å². The number of pyridine rings is 1. The molecule has 0 bridgehead atoms. The van der Waals surface area contributed by atoms with Crippen LogP contribution in [0.1, 0.15) is 67.9 Å². The molecule has 1 aromatic carbocycles. The summed E-state index contributed by atoms with van der Waals surface area (Å²) in [4.78, 5) is 18.0. The molecule has 0 spiro atoms. The summed E-state index contributed by atoms with van der Waals surface area (Å²) in [5, 5.41) is 5.87. The molecule has 3 aromatic rings. The van der Waals surface area contributed by atoms with Gasteiger partial charge in [0, 0.05) is 24.7 Å². The van der Waals surface area contributed by atoms with E-state index in [1.165, 1.54) is 6.42 Å². The zero-order valence-corrected chi connectivity index (χ0v) is 20.4. The van der Waals surface area contributed by atoms with Crippen LogP contribution in [0.4, 0.5) is 30.8 Å². The Morgan fingerprint density at radius 2 is 1.64 bits per heavy atom. The Bertz CT molecular complexity index is 1300. The van der Waals surface area contributed by atoms with Gasteiger partial charge in [-0.2, -0.15) is 5.10 Å². The van der Waals surface area contributed by atoms with E-state index in [1.807, 2.05) is 16.9 Å². The van der Waals surface area contributed by atoms with Crippen LogP contribution in [0.3, 0.4) is 0 Å². The van der Waals surface area contributed by atoms with Gasteiger partial charge >= 0.3 is 10.2 Å². The number of aromatic nitrogens is 3. The summed E-state index contributed by atoms with van der Waals surface area (Å²) >= 11 is 0. The highest BCUT2D eigenvalue weighted by atomic mass is 32.5. The summed E-state index contributed by atoms with van der Waals surface area (Å²) in [7, 11) is -10.0. The Morgan fingerprint density at radius 3 is 2.33 bits per heavy atom. The van der Waals surface area contributed by atoms with E-state index in [0.717, 1.165) is 81.1 Å². The van der Waals surface area contributed by atoms with E-state index < -0.39 is 26.9 Å². The average molecular weight is 530 g/mol. The molecule has 1 N–H and O–H groups in total. The van der Waals surface area contributed by atoms with E-state index in [1.54, 1.807) is 6.07 Å². The van der Waals surface area contributed by atoms with Gasteiger partial charge in [0.15, 0.2) is 5.03 Å². The van der Waals surface area contributed by atoms with Gasteiger partial charge in [0.25, 0.3) is 5.91 Å². The number of halogens is 5. The fourth-order valence-corrected chi connectivity index (χ4v) is 5.66. The summed E-state index contributed by atoms with van der Waals surface area (Å²) < 4.78 is 68.2. The van der Waals surface area contributed by atoms with Crippen LogP contribution in [0.2, 0.25) is 0 Å². The van der Waals surface area contributed by atoms with Crippen molar-refractivity contribution in [2.75, 3.05) is 23.3 Å². The summed E-state index contributed by atoms with van der Waals surface area (Å²) in [5.74, 6) is -0.990. The van der Waals surface area contributed by atoms with Gasteiger partial charge < -0.3 is 10.2 Å². The molecule has 1 aliphatic carbocycles. The maximum atomic E-state index is 13.2. The number of amides is 1. The number of nitrogens with one attached hydrogen (secondary N) is 1. The number of carbonyl (C=O) groups is 1. The van der Waals surface area contributed by atoms with Gasteiger partial charge in [0.05, 0.1) is 22.9 Å². The lowest BCUT2D eigenvalue weighted by Gasteiger charge is -2.39. The van der Waals surface area contributed by atoms with Crippen LogP contribution >= 0.6 is 10.2 Å². The van der Waals surface area contributed by atoms with Crippen LogP contribution in [0.5, 0.6) is 0 Å². The van der Waals surface area contributed by atoms with E-state index in [4.69, 9.17) is 5.10 Å². The predicted molar refractivity (Wildman–Crippen MR) is 132 cm³/mol. The van der Waals surface area contributed by atoms with Crippen molar-refractivity contribution in [3.8, 4) is 0 Å². The summed E-state index contributed by atoms with van der Waals surface area (Å²) in [6, 6.07) is 5.87. The summed E-state index contributed by atoms with van der Waals surface area (Å²) in [5.41, 5.74) is 1.12. The van der Waals surface area contributed by atoms with Crippen LogP contribution in [0.15, 0.2) is 41.6 Å². The smallest absolute Gasteiger partial charge is 0.325 e. The first-order valence-corrected chi connectivity index (χ1v) is 14.1. The predicted octanol–water partition coefficient (Wildman–Crippen LogP) is 7.84. The lowest BCUT2D eigenvalue weighted by atomic mass is 9.96. The highest BCUT2D eigenvalue weighted by Gasteiger charge is 2.67. The second-order valence-electron chi connectivity index (χ2n) is 9.66. The lowest BCUT2D eigenvalue weighted by molar-refractivity contribution is 0.102. The first kappa shape index (κ1) is 24.8. The Labute approximate surface area is 205 Å². The van der Waals surface area contributed by atoms with Crippen LogP contribution in [-0.2, 0) is 0 Å². The number of nitrogens with zero attached hydrogens (tertiary/aromatic N) is 4. The van der Waals surface area contributed by atoms with Crippen molar-refractivity contribution in [3.63, 3.8) is 0 Å². The molecule has 2 aliphatic rings. The van der Waals surface area contributed by atoms with Crippen molar-refractivity contribution < 1.29 is 24.2 Å². The molecule has 1 aliphatic heterocycles. The molecule has 0 atom stereocenters. The number of carbonyl (C=O) groups excluding carboxylic acids is 1. The van der Waals surface area contributed by atoms with Gasteiger partial charge in [-0.05, 0) is 56.4 Å². The fourth-order valence-electron chi connectivity index (χ4n) is 5.05. The summed E-state index contributed by atoms with van der Waals surface area (Å²) in [6.45, 7) is 1.52. The SMILES string of the molecule is O=C(Nc1cc2cn(C3CCCCC3)nc2cc1N1CCCCC1)c1cccc(S(F)(F)(F)(F)F)n1. The third-order valence-electron chi connectivity index (χ3n) is 6.88. The maximum Gasteiger partial charge on any atom is 0.325 e. The van der Waals surface area contributed by atoms with Crippen molar-refractivity contribution in [1.29, 1.82) is 0 Å². The number of anilines is 2. The van der Waals surface area contributed by atoms with Crippen LogP contribution < -0.4 is 10.2 Å². The number of piperidine rings is 1. The highest BCUT2D eigenvalue weighted by molar-refractivity contribution is 8.45. The molecule has 1 saturated heterocycles. The lowest BCUT2D eigenvalue weighted by Crippen LogP contribution is -2.30. The monoisotopic (exact) mass is 529 g/mol. The zero-order chi connectivity index (χ0) is 25.6. The number of hydrogen-bond donors (Lipinski definition) is 1. The van der Waals surface area contributed by atoms with Crippen LogP contribution in [0.25, 0.3) is 10.9 Å². The average Bonchev–Trinajstić information content (AvgIpc) is 3.26. The first-order chi connectivity index (χ1) is 16.9. The minimum Gasteiger partial charge on any atom is -0.370 e. The molecule has 2 aromatic heterocycles. The topological polar surface area (TPSA) is 63.1 Å². The molecule has 196 valence electrons. The molecule has 12 heteroatoms. The normalized spacial score (nSPS) is 19.6. The third kappa shape index (κ3) is 5.28. The quantitative estimate of drug-likeness (QED) is 0.342. The zero-order valence-electron chi connectivity index (χ0n) is 19.6. The van der Waals surface area contributed by atoms with Gasteiger partial charge in [-0.15, -0.1) is 0 Å². The van der Waals surface area contributed by atoms with Gasteiger partial charge in [-0.3, -0.25) is 9.48 Å². The molecule has 2 fully saturated rings. The third-order valence-corrected chi connectivity index (χ3v) is 7.90. The number of hydrogen-bond acceptors (Lipinski definition) is 4. The van der Waals surface area contributed by atoms with E-state index >= 15 is 0 Å². The van der Waals surface area contributed by atoms with Crippen molar-refractivity contribution in [2.24, 2.45) is 0 Å². The first-order valence-electron chi connectivity index (χ1n) is 12.2. The maximum absolute atomic E-state index is 13.2. The minimum atomic E-state index is -10.0. The van der Waals surface area contributed by atoms with Crippen LogP contribution in [-0.4, -0.2) is 33.8 Å². The standard InChI is InChI=1S/C24H28F5N5OS/c25-36(26,27,28,29)23-11-7-10-19(30-23)24(35)31-21-14-17-16-34(18-8-3-1-4-9-18)32-20(17)15-22(21)33-12-5-2-6-13-33/h7,10-11,14-16,18H,1-6,8-9,12-13H2,(H,31,35). The molecule has 3 heterocycles. The van der Waals surface area contributed by atoms with E-state index in [9.17, 15) is 24.2 Å². The largest absolute Gasteiger partial charge is 0.370 e. The fraction of sp³-hybridized carbons (Fsp3) is 0.458. The Morgan fingerprint density at radius 1 is 0.944 bits per heavy atom. The number of fused-ring (bicyclic) bond motifs is 1. The van der Waals surface area contributed by atoms with E-state index in [0.29, 0.717) is 17.4 Å². The molecule has 6 nitrogen and oxygen atoms in total. The Kier molecular flexibility index (Phi) is 5.73. The molecule has 36 heavy (non-hydrogen) atoms. The molecule has 1 amide bonds. The molecule has 1 saturated carbocycles. The second kappa shape index (κ2) is 8.32. The van der Waals surface area contributed by atoms with Gasteiger partial charge in [0.1, 0.15) is 5.69 Å². The molecular formula is C24H28F5N5OS. The van der Waals surface area contributed by atoms with Crippen LogP contribution in [0, 0.1) is 0 Å². The van der Waals surface area contributed by atoms with Crippen molar-refractivity contribution in [2.45, 2.75) is 62.4 Å². The second-order valence-corrected chi connectivity index (χ2v) is 12.0. The number of benzene rings is 1. The van der Waals surface area contributed by atoms with Gasteiger partial charge in [-0.1, -0.05) is 44.8 Å². The number of rotatable bonds is 5. The van der Waals surface area contributed by atoms with E-state index in [-0.39, 0.29) is 6.07 Å².